The molecular formula is C18H20O3. The maximum atomic E-state index is 12.5. The second kappa shape index (κ2) is 6.55. The topological polar surface area (TPSA) is 46.5 Å². The van der Waals surface area contributed by atoms with Gasteiger partial charge in [0.15, 0.2) is 0 Å². The summed E-state index contributed by atoms with van der Waals surface area (Å²) in [7, 11) is 0. The Labute approximate surface area is 125 Å². The van der Waals surface area contributed by atoms with Gasteiger partial charge in [0, 0.05) is 5.56 Å². The van der Waals surface area contributed by atoms with Crippen LogP contribution in [-0.4, -0.2) is 17.7 Å². The zero-order chi connectivity index (χ0) is 15.3. The third-order valence-corrected chi connectivity index (χ3v) is 3.46. The fourth-order valence-electron chi connectivity index (χ4n) is 2.34. The molecule has 0 heterocycles. The Morgan fingerprint density at radius 1 is 1.10 bits per heavy atom. The van der Waals surface area contributed by atoms with Crippen LogP contribution < -0.4 is 0 Å². The summed E-state index contributed by atoms with van der Waals surface area (Å²) >= 11 is 0. The lowest BCUT2D eigenvalue weighted by molar-refractivity contribution is -0.162. The van der Waals surface area contributed by atoms with Crippen LogP contribution >= 0.6 is 0 Å². The van der Waals surface area contributed by atoms with Crippen molar-refractivity contribution in [2.24, 2.45) is 0 Å². The quantitative estimate of drug-likeness (QED) is 0.858. The second-order valence-electron chi connectivity index (χ2n) is 5.03. The molecular weight excluding hydrogens is 264 g/mol. The van der Waals surface area contributed by atoms with E-state index in [1.54, 1.807) is 30.3 Å². The Morgan fingerprint density at radius 3 is 2.33 bits per heavy atom. The molecule has 3 heteroatoms. The van der Waals surface area contributed by atoms with Crippen LogP contribution in [0.4, 0.5) is 0 Å². The SMILES string of the molecule is CCCOC(=O)C(O)(c1ccccc1)c1ccccc1C. The predicted octanol–water partition coefficient (Wildman–Crippen LogP) is 3.18. The molecule has 0 fully saturated rings. The van der Waals surface area contributed by atoms with Gasteiger partial charge >= 0.3 is 5.97 Å². The summed E-state index contributed by atoms with van der Waals surface area (Å²) in [6.45, 7) is 4.08. The summed E-state index contributed by atoms with van der Waals surface area (Å²) in [5, 5.41) is 11.2. The molecule has 0 aliphatic rings. The lowest BCUT2D eigenvalue weighted by Crippen LogP contribution is -2.39. The van der Waals surface area contributed by atoms with Crippen LogP contribution in [0.15, 0.2) is 54.6 Å². The van der Waals surface area contributed by atoms with Crippen molar-refractivity contribution in [1.82, 2.24) is 0 Å². The summed E-state index contributed by atoms with van der Waals surface area (Å²) in [5.41, 5.74) is 0.136. The van der Waals surface area contributed by atoms with Gasteiger partial charge in [-0.1, -0.05) is 61.5 Å². The van der Waals surface area contributed by atoms with Crippen molar-refractivity contribution in [3.8, 4) is 0 Å². The molecule has 0 aliphatic heterocycles. The molecule has 0 aliphatic carbocycles. The van der Waals surface area contributed by atoms with Crippen LogP contribution in [0.2, 0.25) is 0 Å². The number of hydrogen-bond acceptors (Lipinski definition) is 3. The smallest absolute Gasteiger partial charge is 0.347 e. The highest BCUT2D eigenvalue weighted by Gasteiger charge is 2.42. The first kappa shape index (κ1) is 15.3. The molecule has 2 aromatic rings. The lowest BCUT2D eigenvalue weighted by Gasteiger charge is -2.28. The predicted molar refractivity (Wildman–Crippen MR) is 81.9 cm³/mol. The monoisotopic (exact) mass is 284 g/mol. The summed E-state index contributed by atoms with van der Waals surface area (Å²) in [4.78, 5) is 12.5. The van der Waals surface area contributed by atoms with Gasteiger partial charge in [-0.25, -0.2) is 4.79 Å². The summed E-state index contributed by atoms with van der Waals surface area (Å²) in [6.07, 6.45) is 0.713. The molecule has 1 N–H and O–H groups in total. The van der Waals surface area contributed by atoms with Gasteiger partial charge in [0.05, 0.1) is 6.61 Å². The van der Waals surface area contributed by atoms with Crippen molar-refractivity contribution in [3.05, 3.63) is 71.3 Å². The van der Waals surface area contributed by atoms with Gasteiger partial charge < -0.3 is 9.84 Å². The number of esters is 1. The first-order valence-electron chi connectivity index (χ1n) is 7.12. The van der Waals surface area contributed by atoms with Gasteiger partial charge in [-0.3, -0.25) is 0 Å². The number of ether oxygens (including phenoxy) is 1. The molecule has 0 amide bonds. The van der Waals surface area contributed by atoms with E-state index in [1.807, 2.05) is 38.1 Å². The third kappa shape index (κ3) is 2.98. The van der Waals surface area contributed by atoms with E-state index < -0.39 is 11.6 Å². The lowest BCUT2D eigenvalue weighted by atomic mass is 9.84. The van der Waals surface area contributed by atoms with Gasteiger partial charge in [-0.2, -0.15) is 0 Å². The first-order chi connectivity index (χ1) is 10.1. The largest absolute Gasteiger partial charge is 0.463 e. The molecule has 0 spiro atoms. The zero-order valence-electron chi connectivity index (χ0n) is 12.4. The summed E-state index contributed by atoms with van der Waals surface area (Å²) in [6, 6.07) is 16.2. The molecule has 1 unspecified atom stereocenters. The summed E-state index contributed by atoms with van der Waals surface area (Å²) < 4.78 is 5.23. The van der Waals surface area contributed by atoms with E-state index in [0.717, 1.165) is 5.56 Å². The van der Waals surface area contributed by atoms with Crippen LogP contribution in [0.1, 0.15) is 30.0 Å². The number of aryl methyl sites for hydroxylation is 1. The van der Waals surface area contributed by atoms with Crippen molar-refractivity contribution >= 4 is 5.97 Å². The maximum absolute atomic E-state index is 12.5. The molecule has 0 bridgehead atoms. The number of hydrogen-bond donors (Lipinski definition) is 1. The van der Waals surface area contributed by atoms with Gasteiger partial charge in [0.25, 0.3) is 0 Å². The Kier molecular flexibility index (Phi) is 4.76. The highest BCUT2D eigenvalue weighted by atomic mass is 16.5. The number of aliphatic hydroxyl groups is 1. The second-order valence-corrected chi connectivity index (χ2v) is 5.03. The third-order valence-electron chi connectivity index (χ3n) is 3.46. The number of carbonyl (C=O) groups is 1. The van der Waals surface area contributed by atoms with Crippen molar-refractivity contribution in [2.75, 3.05) is 6.61 Å². The van der Waals surface area contributed by atoms with Gasteiger partial charge in [0.2, 0.25) is 5.60 Å². The minimum Gasteiger partial charge on any atom is -0.463 e. The van der Waals surface area contributed by atoms with E-state index >= 15 is 0 Å². The molecule has 0 radical (unpaired) electrons. The van der Waals surface area contributed by atoms with E-state index in [1.165, 1.54) is 0 Å². The summed E-state index contributed by atoms with van der Waals surface area (Å²) in [5.74, 6) is -0.634. The minimum atomic E-state index is -1.78. The molecule has 0 aromatic heterocycles. The van der Waals surface area contributed by atoms with Crippen molar-refractivity contribution in [2.45, 2.75) is 25.9 Å². The molecule has 0 saturated heterocycles. The Balaban J connectivity index is 2.54. The number of benzene rings is 2. The van der Waals surface area contributed by atoms with Gasteiger partial charge in [0.1, 0.15) is 0 Å². The fourth-order valence-corrected chi connectivity index (χ4v) is 2.34. The van der Waals surface area contributed by atoms with E-state index in [-0.39, 0.29) is 0 Å². The van der Waals surface area contributed by atoms with Gasteiger partial charge in [-0.15, -0.1) is 0 Å². The van der Waals surface area contributed by atoms with E-state index in [9.17, 15) is 9.90 Å². The molecule has 21 heavy (non-hydrogen) atoms. The number of carbonyl (C=O) groups excluding carboxylic acids is 1. The van der Waals surface area contributed by atoms with Crippen LogP contribution in [0.5, 0.6) is 0 Å². The Hall–Kier alpha value is -2.13. The van der Waals surface area contributed by atoms with Crippen molar-refractivity contribution < 1.29 is 14.6 Å². The molecule has 0 saturated carbocycles. The maximum Gasteiger partial charge on any atom is 0.347 e. The van der Waals surface area contributed by atoms with E-state index in [0.29, 0.717) is 24.2 Å². The fraction of sp³-hybridized carbons (Fsp3) is 0.278. The van der Waals surface area contributed by atoms with Gasteiger partial charge in [-0.05, 0) is 24.5 Å². The van der Waals surface area contributed by atoms with E-state index in [2.05, 4.69) is 0 Å². The molecule has 2 aromatic carbocycles. The first-order valence-corrected chi connectivity index (χ1v) is 7.12. The average molecular weight is 284 g/mol. The highest BCUT2D eigenvalue weighted by molar-refractivity contribution is 5.85. The van der Waals surface area contributed by atoms with Crippen LogP contribution in [0.25, 0.3) is 0 Å². The minimum absolute atomic E-state index is 0.292. The van der Waals surface area contributed by atoms with Crippen LogP contribution in [-0.2, 0) is 15.1 Å². The average Bonchev–Trinajstić information content (AvgIpc) is 2.53. The molecule has 3 nitrogen and oxygen atoms in total. The number of rotatable bonds is 5. The Bertz CT molecular complexity index is 607. The molecule has 110 valence electrons. The Morgan fingerprint density at radius 2 is 1.71 bits per heavy atom. The molecule has 1 atom stereocenters. The standard InChI is InChI=1S/C18H20O3/c1-3-13-21-17(19)18(20,15-10-5-4-6-11-15)16-12-8-7-9-14(16)2/h4-12,20H,3,13H2,1-2H3. The van der Waals surface area contributed by atoms with Crippen LogP contribution in [0, 0.1) is 6.92 Å². The zero-order valence-corrected chi connectivity index (χ0v) is 12.4. The molecule has 2 rings (SSSR count). The highest BCUT2D eigenvalue weighted by Crippen LogP contribution is 2.33. The van der Waals surface area contributed by atoms with Crippen molar-refractivity contribution in [3.63, 3.8) is 0 Å². The van der Waals surface area contributed by atoms with Crippen molar-refractivity contribution in [1.29, 1.82) is 0 Å². The van der Waals surface area contributed by atoms with Crippen LogP contribution in [0.3, 0.4) is 0 Å². The normalized spacial score (nSPS) is 13.5. The van der Waals surface area contributed by atoms with E-state index in [4.69, 9.17) is 4.74 Å².